The highest BCUT2D eigenvalue weighted by molar-refractivity contribution is 14.0. The summed E-state index contributed by atoms with van der Waals surface area (Å²) in [6, 6.07) is 10.9. The first kappa shape index (κ1) is 24.0. The number of ether oxygens (including phenoxy) is 1. The molecule has 0 saturated carbocycles. The van der Waals surface area contributed by atoms with Crippen molar-refractivity contribution in [1.82, 2.24) is 15.6 Å². The average molecular weight is 508 g/mol. The standard InChI is InChI=1S/C19H23F3N4O.HI/c1-13-7-8-15(17(9-13)27-12-19(20,21)22)10-24-18(23-3)25-11-16-6-4-5-14(2)26-16;/h4-9H,10-12H2,1-3H3,(H2,23,24,25);1H. The van der Waals surface area contributed by atoms with Gasteiger partial charge in [0.05, 0.1) is 12.2 Å². The molecule has 2 aromatic rings. The van der Waals surface area contributed by atoms with Crippen LogP contribution >= 0.6 is 24.0 Å². The maximum atomic E-state index is 12.5. The Balaban J connectivity index is 0.00000392. The number of alkyl halides is 3. The van der Waals surface area contributed by atoms with E-state index in [-0.39, 0.29) is 36.3 Å². The minimum Gasteiger partial charge on any atom is -0.484 e. The van der Waals surface area contributed by atoms with Crippen LogP contribution in [0.2, 0.25) is 0 Å². The fourth-order valence-corrected chi connectivity index (χ4v) is 2.37. The first-order chi connectivity index (χ1) is 12.8. The Bertz CT molecular complexity index is 797. The largest absolute Gasteiger partial charge is 0.484 e. The number of aryl methyl sites for hydroxylation is 2. The maximum Gasteiger partial charge on any atom is 0.422 e. The van der Waals surface area contributed by atoms with Crippen molar-refractivity contribution < 1.29 is 17.9 Å². The molecule has 0 amide bonds. The Hall–Kier alpha value is -2.04. The monoisotopic (exact) mass is 508 g/mol. The number of guanidine groups is 1. The van der Waals surface area contributed by atoms with Crippen LogP contribution in [-0.2, 0) is 13.1 Å². The Morgan fingerprint density at radius 2 is 1.82 bits per heavy atom. The van der Waals surface area contributed by atoms with Gasteiger partial charge in [0.2, 0.25) is 0 Å². The Morgan fingerprint density at radius 1 is 1.11 bits per heavy atom. The van der Waals surface area contributed by atoms with Crippen molar-refractivity contribution in [3.05, 3.63) is 58.9 Å². The summed E-state index contributed by atoms with van der Waals surface area (Å²) >= 11 is 0. The number of rotatable bonds is 6. The van der Waals surface area contributed by atoms with E-state index in [0.29, 0.717) is 18.1 Å². The second-order valence-corrected chi connectivity index (χ2v) is 6.06. The molecule has 0 atom stereocenters. The van der Waals surface area contributed by atoms with Gasteiger partial charge >= 0.3 is 6.18 Å². The number of aromatic nitrogens is 1. The topological polar surface area (TPSA) is 58.5 Å². The van der Waals surface area contributed by atoms with Gasteiger partial charge in [0.1, 0.15) is 5.75 Å². The van der Waals surface area contributed by atoms with Crippen molar-refractivity contribution >= 4 is 29.9 Å². The minimum absolute atomic E-state index is 0. The molecule has 28 heavy (non-hydrogen) atoms. The number of nitrogens with one attached hydrogen (secondary N) is 2. The number of hydrogen-bond donors (Lipinski definition) is 2. The van der Waals surface area contributed by atoms with Crippen LogP contribution in [0.3, 0.4) is 0 Å². The van der Waals surface area contributed by atoms with Crippen LogP contribution in [0.5, 0.6) is 5.75 Å². The summed E-state index contributed by atoms with van der Waals surface area (Å²) < 4.78 is 42.3. The van der Waals surface area contributed by atoms with E-state index in [4.69, 9.17) is 4.74 Å². The predicted molar refractivity (Wildman–Crippen MR) is 114 cm³/mol. The van der Waals surface area contributed by atoms with Crippen LogP contribution < -0.4 is 15.4 Å². The highest BCUT2D eigenvalue weighted by Gasteiger charge is 2.28. The van der Waals surface area contributed by atoms with Crippen molar-refractivity contribution in [1.29, 1.82) is 0 Å². The van der Waals surface area contributed by atoms with Gasteiger partial charge in [-0.05, 0) is 37.6 Å². The maximum absolute atomic E-state index is 12.5. The highest BCUT2D eigenvalue weighted by Crippen LogP contribution is 2.23. The molecule has 0 bridgehead atoms. The van der Waals surface area contributed by atoms with Crippen molar-refractivity contribution in [3.63, 3.8) is 0 Å². The van der Waals surface area contributed by atoms with Gasteiger partial charge < -0.3 is 15.4 Å². The summed E-state index contributed by atoms with van der Waals surface area (Å²) in [6.07, 6.45) is -4.38. The summed E-state index contributed by atoms with van der Waals surface area (Å²) in [5, 5.41) is 6.20. The van der Waals surface area contributed by atoms with Crippen LogP contribution in [0.15, 0.2) is 41.4 Å². The summed E-state index contributed by atoms with van der Waals surface area (Å²) in [7, 11) is 1.62. The highest BCUT2D eigenvalue weighted by atomic mass is 127. The molecule has 0 aliphatic rings. The van der Waals surface area contributed by atoms with Gasteiger partial charge in [0.15, 0.2) is 12.6 Å². The molecule has 1 aromatic heterocycles. The summed E-state index contributed by atoms with van der Waals surface area (Å²) in [5.41, 5.74) is 3.22. The van der Waals surface area contributed by atoms with Gasteiger partial charge in [-0.3, -0.25) is 9.98 Å². The number of aliphatic imine (C=N–C) groups is 1. The lowest BCUT2D eigenvalue weighted by Gasteiger charge is -2.16. The zero-order chi connectivity index (χ0) is 19.9. The molecule has 9 heteroatoms. The fraction of sp³-hybridized carbons (Fsp3) is 0.368. The third-order valence-electron chi connectivity index (χ3n) is 3.67. The molecule has 2 rings (SSSR count). The number of benzene rings is 1. The van der Waals surface area contributed by atoms with E-state index < -0.39 is 12.8 Å². The van der Waals surface area contributed by atoms with Crippen molar-refractivity contribution in [2.75, 3.05) is 13.7 Å². The second-order valence-electron chi connectivity index (χ2n) is 6.06. The molecular formula is C19H24F3IN4O. The molecule has 0 saturated heterocycles. The normalized spacial score (nSPS) is 11.6. The summed E-state index contributed by atoms with van der Waals surface area (Å²) in [4.78, 5) is 8.52. The van der Waals surface area contributed by atoms with Crippen molar-refractivity contribution in [2.45, 2.75) is 33.1 Å². The SMILES string of the molecule is CN=C(NCc1cccc(C)n1)NCc1ccc(C)cc1OCC(F)(F)F.I. The van der Waals surface area contributed by atoms with Crippen LogP contribution in [0.1, 0.15) is 22.5 Å². The lowest BCUT2D eigenvalue weighted by atomic mass is 10.1. The second kappa shape index (κ2) is 11.1. The number of halogens is 4. The van der Waals surface area contributed by atoms with Crippen molar-refractivity contribution in [2.24, 2.45) is 4.99 Å². The number of pyridine rings is 1. The average Bonchev–Trinajstić information content (AvgIpc) is 2.60. The van der Waals surface area contributed by atoms with Gasteiger partial charge in [0, 0.05) is 24.8 Å². The Labute approximate surface area is 179 Å². The molecular weight excluding hydrogens is 484 g/mol. The van der Waals surface area contributed by atoms with Gasteiger partial charge in [-0.1, -0.05) is 18.2 Å². The summed E-state index contributed by atoms with van der Waals surface area (Å²) in [6.45, 7) is 3.14. The molecule has 5 nitrogen and oxygen atoms in total. The van der Waals surface area contributed by atoms with Gasteiger partial charge in [-0.2, -0.15) is 13.2 Å². The first-order valence-corrected chi connectivity index (χ1v) is 8.43. The van der Waals surface area contributed by atoms with Gasteiger partial charge in [-0.15, -0.1) is 24.0 Å². The van der Waals surface area contributed by atoms with E-state index in [2.05, 4.69) is 20.6 Å². The summed E-state index contributed by atoms with van der Waals surface area (Å²) in [5.74, 6) is 0.719. The van der Waals surface area contributed by atoms with E-state index in [1.807, 2.05) is 31.2 Å². The van der Waals surface area contributed by atoms with Crippen LogP contribution in [-0.4, -0.2) is 30.8 Å². The zero-order valence-corrected chi connectivity index (χ0v) is 18.3. The van der Waals surface area contributed by atoms with Crippen LogP contribution in [0.4, 0.5) is 13.2 Å². The lowest BCUT2D eigenvalue weighted by Crippen LogP contribution is -2.36. The molecule has 0 fully saturated rings. The zero-order valence-electron chi connectivity index (χ0n) is 15.9. The fourth-order valence-electron chi connectivity index (χ4n) is 2.37. The lowest BCUT2D eigenvalue weighted by molar-refractivity contribution is -0.153. The predicted octanol–water partition coefficient (Wildman–Crippen LogP) is 4.12. The molecule has 0 aliphatic carbocycles. The third kappa shape index (κ3) is 8.32. The Morgan fingerprint density at radius 3 is 2.46 bits per heavy atom. The first-order valence-electron chi connectivity index (χ1n) is 8.43. The smallest absolute Gasteiger partial charge is 0.422 e. The molecule has 154 valence electrons. The van der Waals surface area contributed by atoms with Gasteiger partial charge in [-0.25, -0.2) is 0 Å². The molecule has 1 heterocycles. The number of hydrogen-bond acceptors (Lipinski definition) is 3. The quantitative estimate of drug-likeness (QED) is 0.350. The van der Waals surface area contributed by atoms with E-state index in [1.54, 1.807) is 26.1 Å². The van der Waals surface area contributed by atoms with E-state index >= 15 is 0 Å². The van der Waals surface area contributed by atoms with E-state index in [9.17, 15) is 13.2 Å². The third-order valence-corrected chi connectivity index (χ3v) is 3.67. The molecule has 0 unspecified atom stereocenters. The number of nitrogens with zero attached hydrogens (tertiary/aromatic N) is 2. The Kier molecular flexibility index (Phi) is 9.50. The molecule has 0 radical (unpaired) electrons. The van der Waals surface area contributed by atoms with Crippen LogP contribution in [0, 0.1) is 13.8 Å². The molecule has 0 aliphatic heterocycles. The molecule has 2 N–H and O–H groups in total. The molecule has 1 aromatic carbocycles. The van der Waals surface area contributed by atoms with E-state index in [0.717, 1.165) is 17.0 Å². The van der Waals surface area contributed by atoms with Gasteiger partial charge in [0.25, 0.3) is 0 Å². The minimum atomic E-state index is -4.38. The van der Waals surface area contributed by atoms with E-state index in [1.165, 1.54) is 0 Å². The van der Waals surface area contributed by atoms with Crippen LogP contribution in [0.25, 0.3) is 0 Å². The van der Waals surface area contributed by atoms with Crippen molar-refractivity contribution in [3.8, 4) is 5.75 Å². The molecule has 0 spiro atoms.